The van der Waals surface area contributed by atoms with Crippen LogP contribution < -0.4 is 15.8 Å². The zero-order valence-electron chi connectivity index (χ0n) is 29.9. The summed E-state index contributed by atoms with van der Waals surface area (Å²) >= 11 is 0. The van der Waals surface area contributed by atoms with Gasteiger partial charge < -0.3 is 30.2 Å². The first-order valence-electron chi connectivity index (χ1n) is 17.8. The molecule has 49 heavy (non-hydrogen) atoms. The lowest BCUT2D eigenvalue weighted by Gasteiger charge is -2.35. The van der Waals surface area contributed by atoms with E-state index in [1.807, 2.05) is 48.5 Å². The number of ether oxygens (including phenoxy) is 3. The van der Waals surface area contributed by atoms with E-state index in [2.05, 4.69) is 79.2 Å². The van der Waals surface area contributed by atoms with Crippen molar-refractivity contribution in [3.8, 4) is 5.75 Å². The Kier molecular flexibility index (Phi) is 13.1. The average Bonchev–Trinajstić information content (AvgIpc) is 3.58. The van der Waals surface area contributed by atoms with Gasteiger partial charge in [0.2, 0.25) is 0 Å². The van der Waals surface area contributed by atoms with Gasteiger partial charge in [-0.2, -0.15) is 0 Å². The minimum Gasteiger partial charge on any atom is -0.493 e. The topological polar surface area (TPSA) is 105 Å². The average molecular weight is 670 g/mol. The molecule has 2 saturated heterocycles. The first kappa shape index (κ1) is 36.4. The molecule has 0 bridgehead atoms. The number of aromatic nitrogens is 1. The van der Waals surface area contributed by atoms with Crippen LogP contribution in [0.2, 0.25) is 0 Å². The monoisotopic (exact) mass is 669 g/mol. The van der Waals surface area contributed by atoms with Crippen LogP contribution in [-0.2, 0) is 16.0 Å². The molecule has 2 fully saturated rings. The van der Waals surface area contributed by atoms with Gasteiger partial charge in [0.25, 0.3) is 5.91 Å². The molecule has 4 N–H and O–H groups in total. The van der Waals surface area contributed by atoms with Crippen molar-refractivity contribution >= 4 is 28.2 Å². The van der Waals surface area contributed by atoms with Crippen LogP contribution in [0.3, 0.4) is 0 Å². The first-order chi connectivity index (χ1) is 23.7. The van der Waals surface area contributed by atoms with Crippen molar-refractivity contribution in [1.29, 1.82) is 0 Å². The number of nitrogens with one attached hydrogen (secondary N) is 2. The van der Waals surface area contributed by atoms with E-state index in [-0.39, 0.29) is 5.91 Å². The Balaban J connectivity index is 0.000000244. The lowest BCUT2D eigenvalue weighted by Crippen LogP contribution is -2.38. The van der Waals surface area contributed by atoms with Crippen molar-refractivity contribution in [2.75, 3.05) is 58.2 Å². The maximum Gasteiger partial charge on any atom is 0.272 e. The molecule has 0 aliphatic carbocycles. The molecule has 0 radical (unpaired) electrons. The van der Waals surface area contributed by atoms with Crippen molar-refractivity contribution in [3.63, 3.8) is 0 Å². The number of aromatic amines is 1. The van der Waals surface area contributed by atoms with Crippen LogP contribution >= 0.6 is 0 Å². The van der Waals surface area contributed by atoms with Crippen molar-refractivity contribution in [2.24, 2.45) is 5.92 Å². The second-order valence-corrected chi connectivity index (χ2v) is 13.9. The van der Waals surface area contributed by atoms with Gasteiger partial charge in [0.1, 0.15) is 11.4 Å². The highest BCUT2D eigenvalue weighted by Gasteiger charge is 2.23. The van der Waals surface area contributed by atoms with E-state index in [0.717, 1.165) is 86.7 Å². The fraction of sp³-hybridized carbons (Fsp3) is 0.475. The van der Waals surface area contributed by atoms with Crippen LogP contribution in [0.25, 0.3) is 10.9 Å². The van der Waals surface area contributed by atoms with Crippen LogP contribution in [0.15, 0.2) is 72.8 Å². The van der Waals surface area contributed by atoms with E-state index in [9.17, 15) is 4.79 Å². The van der Waals surface area contributed by atoms with Crippen molar-refractivity contribution in [3.05, 3.63) is 89.6 Å². The van der Waals surface area contributed by atoms with E-state index < -0.39 is 0 Å². The predicted molar refractivity (Wildman–Crippen MR) is 199 cm³/mol. The van der Waals surface area contributed by atoms with Gasteiger partial charge in [-0.25, -0.2) is 0 Å². The lowest BCUT2D eigenvalue weighted by atomic mass is 10.0. The fourth-order valence-electron chi connectivity index (χ4n) is 6.49. The van der Waals surface area contributed by atoms with Gasteiger partial charge in [0, 0.05) is 73.4 Å². The molecular weight excluding hydrogens is 614 g/mol. The van der Waals surface area contributed by atoms with Crippen molar-refractivity contribution < 1.29 is 19.0 Å². The van der Waals surface area contributed by atoms with E-state index in [0.29, 0.717) is 36.3 Å². The van der Waals surface area contributed by atoms with Crippen LogP contribution in [0.4, 0.5) is 11.4 Å². The summed E-state index contributed by atoms with van der Waals surface area (Å²) in [6.07, 6.45) is 4.43. The standard InChI is InChI=1S/C27H35N3O3.C13H20N2O/c1-18(2)17-33-26-7-5-6-24-23(26)16-25(29-24)27(31)28-21-10-8-20(9-11-21)19(3)30(4)22-12-14-32-15-13-22;1-15(13-6-8-16-9-7-13)10-11-2-4-12(14)5-3-11/h5-11,16,18-19,22,29H,12-15,17H2,1-4H3,(H,28,31);2-5,13H,6-10,14H2,1H3/t19-;/m1./s1. The second kappa shape index (κ2) is 17.7. The molecule has 4 aromatic rings. The number of fused-ring (bicyclic) bond motifs is 1. The summed E-state index contributed by atoms with van der Waals surface area (Å²) < 4.78 is 16.8. The number of hydrogen-bond donors (Lipinski definition) is 3. The molecule has 9 nitrogen and oxygen atoms in total. The van der Waals surface area contributed by atoms with Crippen LogP contribution in [0.1, 0.15) is 74.1 Å². The van der Waals surface area contributed by atoms with E-state index in [4.69, 9.17) is 19.9 Å². The molecule has 1 atom stereocenters. The highest BCUT2D eigenvalue weighted by molar-refractivity contribution is 6.06. The molecule has 0 saturated carbocycles. The Bertz CT molecular complexity index is 1590. The molecule has 1 aromatic heterocycles. The van der Waals surface area contributed by atoms with Crippen molar-refractivity contribution in [1.82, 2.24) is 14.8 Å². The summed E-state index contributed by atoms with van der Waals surface area (Å²) in [5, 5.41) is 3.93. The molecule has 3 aromatic carbocycles. The number of benzene rings is 3. The van der Waals surface area contributed by atoms with Crippen molar-refractivity contribution in [2.45, 2.75) is 71.1 Å². The summed E-state index contributed by atoms with van der Waals surface area (Å²) in [6.45, 7) is 11.6. The minimum absolute atomic E-state index is 0.166. The number of carbonyl (C=O) groups is 1. The van der Waals surface area contributed by atoms with Crippen LogP contribution in [0.5, 0.6) is 5.75 Å². The molecule has 2 aliphatic heterocycles. The van der Waals surface area contributed by atoms with E-state index >= 15 is 0 Å². The number of nitrogens with two attached hydrogens (primary N) is 1. The molecule has 3 heterocycles. The number of hydrogen-bond acceptors (Lipinski definition) is 7. The van der Waals surface area contributed by atoms with Gasteiger partial charge in [-0.3, -0.25) is 14.6 Å². The van der Waals surface area contributed by atoms with Crippen LogP contribution in [-0.4, -0.2) is 79.9 Å². The summed E-state index contributed by atoms with van der Waals surface area (Å²) in [5.74, 6) is 1.06. The zero-order valence-corrected chi connectivity index (χ0v) is 29.9. The number of nitrogen functional groups attached to an aromatic ring is 1. The normalized spacial score (nSPS) is 16.5. The Morgan fingerprint density at radius 1 is 0.898 bits per heavy atom. The first-order valence-corrected chi connectivity index (χ1v) is 17.8. The zero-order chi connectivity index (χ0) is 34.8. The minimum atomic E-state index is -0.166. The summed E-state index contributed by atoms with van der Waals surface area (Å²) in [7, 11) is 4.37. The third kappa shape index (κ3) is 10.3. The van der Waals surface area contributed by atoms with Crippen LogP contribution in [0, 0.1) is 5.92 Å². The Labute approximate surface area is 292 Å². The molecule has 264 valence electrons. The number of amides is 1. The maximum atomic E-state index is 12.9. The molecular formula is C40H55N5O4. The third-order valence-corrected chi connectivity index (χ3v) is 9.70. The second-order valence-electron chi connectivity index (χ2n) is 13.9. The van der Waals surface area contributed by atoms with Gasteiger partial charge in [0.05, 0.1) is 6.61 Å². The van der Waals surface area contributed by atoms with Gasteiger partial charge in [-0.05, 0) is 106 Å². The summed E-state index contributed by atoms with van der Waals surface area (Å²) in [5.41, 5.74) is 11.2. The molecule has 1 amide bonds. The van der Waals surface area contributed by atoms with Gasteiger partial charge in [-0.15, -0.1) is 0 Å². The van der Waals surface area contributed by atoms with Gasteiger partial charge in [0.15, 0.2) is 0 Å². The fourth-order valence-corrected chi connectivity index (χ4v) is 6.49. The molecule has 2 aliphatic rings. The molecule has 0 spiro atoms. The molecule has 6 rings (SSSR count). The molecule has 0 unspecified atom stereocenters. The largest absolute Gasteiger partial charge is 0.493 e. The number of carbonyl (C=O) groups excluding carboxylic acids is 1. The Hall–Kier alpha value is -3.89. The highest BCUT2D eigenvalue weighted by Crippen LogP contribution is 2.29. The Morgan fingerprint density at radius 2 is 1.53 bits per heavy atom. The number of H-pyrrole nitrogens is 1. The number of rotatable bonds is 11. The SMILES string of the molecule is CC(C)COc1cccc2[nH]c(C(=O)Nc3ccc([C@@H](C)N(C)C4CCOCC4)cc3)cc12.CN(Cc1ccc(N)cc1)C1CCOCC1. The molecule has 9 heteroatoms. The maximum absolute atomic E-state index is 12.9. The number of nitrogens with zero attached hydrogens (tertiary/aromatic N) is 2. The van der Waals surface area contributed by atoms with E-state index in [1.54, 1.807) is 0 Å². The quantitative estimate of drug-likeness (QED) is 0.142. The smallest absolute Gasteiger partial charge is 0.272 e. The van der Waals surface area contributed by atoms with Gasteiger partial charge in [-0.1, -0.05) is 44.2 Å². The van der Waals surface area contributed by atoms with Gasteiger partial charge >= 0.3 is 0 Å². The van der Waals surface area contributed by atoms with E-state index in [1.165, 1.54) is 11.1 Å². The summed E-state index contributed by atoms with van der Waals surface area (Å²) in [4.78, 5) is 20.9. The third-order valence-electron chi connectivity index (χ3n) is 9.70. The number of anilines is 2. The highest BCUT2D eigenvalue weighted by atomic mass is 16.5. The Morgan fingerprint density at radius 3 is 2.16 bits per heavy atom. The summed E-state index contributed by atoms with van der Waals surface area (Å²) in [6, 6.07) is 25.5. The lowest BCUT2D eigenvalue weighted by molar-refractivity contribution is 0.0309. The predicted octanol–water partition coefficient (Wildman–Crippen LogP) is 7.51.